The molecule has 0 aliphatic rings. The highest BCUT2D eigenvalue weighted by Gasteiger charge is 2.08. The van der Waals surface area contributed by atoms with Crippen molar-refractivity contribution in [2.45, 2.75) is 18.9 Å². The van der Waals surface area contributed by atoms with Crippen molar-refractivity contribution >= 4 is 5.69 Å². The molecule has 1 heterocycles. The van der Waals surface area contributed by atoms with Gasteiger partial charge in [-0.05, 0) is 19.4 Å². The summed E-state index contributed by atoms with van der Waals surface area (Å²) in [6, 6.07) is 0.308. The first-order valence-electron chi connectivity index (χ1n) is 5.20. The van der Waals surface area contributed by atoms with Crippen molar-refractivity contribution < 1.29 is 4.74 Å². The van der Waals surface area contributed by atoms with Gasteiger partial charge < -0.3 is 15.8 Å². The van der Waals surface area contributed by atoms with E-state index in [0.717, 1.165) is 25.1 Å². The predicted octanol–water partition coefficient (Wildman–Crippen LogP) is 0.586. The summed E-state index contributed by atoms with van der Waals surface area (Å²) in [5.74, 6) is 0. The molecule has 1 rings (SSSR count). The fourth-order valence-electron chi connectivity index (χ4n) is 1.49. The molecule has 0 spiro atoms. The number of anilines is 1. The van der Waals surface area contributed by atoms with Gasteiger partial charge in [-0.1, -0.05) is 0 Å². The molecule has 0 aromatic carbocycles. The van der Waals surface area contributed by atoms with Gasteiger partial charge in [-0.15, -0.1) is 0 Å². The van der Waals surface area contributed by atoms with E-state index in [-0.39, 0.29) is 0 Å². The monoisotopic (exact) mass is 212 g/mol. The van der Waals surface area contributed by atoms with Crippen LogP contribution in [0.2, 0.25) is 0 Å². The molecule has 1 unspecified atom stereocenters. The average molecular weight is 212 g/mol. The second-order valence-electron chi connectivity index (χ2n) is 3.63. The number of aryl methyl sites for hydroxylation is 1. The fourth-order valence-corrected chi connectivity index (χ4v) is 1.49. The molecule has 3 N–H and O–H groups in total. The third-order valence-corrected chi connectivity index (χ3v) is 2.20. The van der Waals surface area contributed by atoms with Crippen LogP contribution in [0.15, 0.2) is 12.4 Å². The molecule has 1 aromatic rings. The lowest BCUT2D eigenvalue weighted by Gasteiger charge is -2.17. The number of ether oxygens (including phenoxy) is 1. The highest BCUT2D eigenvalue weighted by molar-refractivity contribution is 5.39. The number of hydrogen-bond donors (Lipinski definition) is 2. The lowest BCUT2D eigenvalue weighted by molar-refractivity contribution is 0.182. The number of nitrogens with two attached hydrogens (primary N) is 1. The Bertz CT molecular complexity index is 274. The van der Waals surface area contributed by atoms with Crippen LogP contribution < -0.4 is 11.1 Å². The zero-order valence-electron chi connectivity index (χ0n) is 9.44. The van der Waals surface area contributed by atoms with Crippen LogP contribution in [-0.2, 0) is 11.8 Å². The highest BCUT2D eigenvalue weighted by Crippen LogP contribution is 2.09. The molecule has 5 heteroatoms. The van der Waals surface area contributed by atoms with Crippen molar-refractivity contribution in [1.82, 2.24) is 9.78 Å². The summed E-state index contributed by atoms with van der Waals surface area (Å²) in [4.78, 5) is 0. The number of rotatable bonds is 7. The van der Waals surface area contributed by atoms with E-state index in [1.54, 1.807) is 11.8 Å². The van der Waals surface area contributed by atoms with Crippen molar-refractivity contribution in [3.8, 4) is 0 Å². The first-order chi connectivity index (χ1) is 7.26. The Hall–Kier alpha value is -1.07. The van der Waals surface area contributed by atoms with E-state index in [9.17, 15) is 0 Å². The van der Waals surface area contributed by atoms with Crippen LogP contribution >= 0.6 is 0 Å². The van der Waals surface area contributed by atoms with Crippen molar-refractivity contribution in [3.05, 3.63) is 12.4 Å². The van der Waals surface area contributed by atoms with Gasteiger partial charge in [0, 0.05) is 26.4 Å². The Morgan fingerprint density at radius 2 is 2.47 bits per heavy atom. The summed E-state index contributed by atoms with van der Waals surface area (Å²) in [5, 5.41) is 7.47. The van der Waals surface area contributed by atoms with Gasteiger partial charge in [-0.2, -0.15) is 5.10 Å². The number of methoxy groups -OCH3 is 1. The smallest absolute Gasteiger partial charge is 0.0729 e. The van der Waals surface area contributed by atoms with Crippen LogP contribution in [0.5, 0.6) is 0 Å². The molecule has 0 fully saturated rings. The van der Waals surface area contributed by atoms with Gasteiger partial charge in [0.05, 0.1) is 18.5 Å². The van der Waals surface area contributed by atoms with Crippen LogP contribution in [0.3, 0.4) is 0 Å². The molecule has 86 valence electrons. The van der Waals surface area contributed by atoms with Gasteiger partial charge in [0.2, 0.25) is 0 Å². The molecule has 5 nitrogen and oxygen atoms in total. The molecule has 0 radical (unpaired) electrons. The van der Waals surface area contributed by atoms with E-state index >= 15 is 0 Å². The molecule has 0 saturated carbocycles. The number of nitrogens with zero attached hydrogens (tertiary/aromatic N) is 2. The first kappa shape index (κ1) is 12.0. The van der Waals surface area contributed by atoms with Crippen LogP contribution in [0, 0.1) is 0 Å². The SMILES string of the molecule is COCC(CCCN)Nc1cnn(C)c1. The molecule has 0 amide bonds. The Labute approximate surface area is 90.6 Å². The minimum Gasteiger partial charge on any atom is -0.383 e. The second kappa shape index (κ2) is 6.42. The lowest BCUT2D eigenvalue weighted by Crippen LogP contribution is -2.25. The second-order valence-corrected chi connectivity index (χ2v) is 3.63. The molecule has 0 bridgehead atoms. The van der Waals surface area contributed by atoms with Gasteiger partial charge in [0.25, 0.3) is 0 Å². The summed E-state index contributed by atoms with van der Waals surface area (Å²) in [7, 11) is 3.61. The lowest BCUT2D eigenvalue weighted by atomic mass is 10.1. The fraction of sp³-hybridized carbons (Fsp3) is 0.700. The first-order valence-corrected chi connectivity index (χ1v) is 5.20. The molecule has 1 atom stereocenters. The van der Waals surface area contributed by atoms with Gasteiger partial charge in [-0.25, -0.2) is 0 Å². The zero-order valence-corrected chi connectivity index (χ0v) is 9.44. The van der Waals surface area contributed by atoms with E-state index < -0.39 is 0 Å². The van der Waals surface area contributed by atoms with Crippen molar-refractivity contribution in [3.63, 3.8) is 0 Å². The molecular weight excluding hydrogens is 192 g/mol. The van der Waals surface area contributed by atoms with Gasteiger partial charge >= 0.3 is 0 Å². The Morgan fingerprint density at radius 3 is 3.00 bits per heavy atom. The van der Waals surface area contributed by atoms with E-state index in [0.29, 0.717) is 12.6 Å². The zero-order chi connectivity index (χ0) is 11.1. The quantitative estimate of drug-likeness (QED) is 0.694. The van der Waals surface area contributed by atoms with Gasteiger partial charge in [-0.3, -0.25) is 4.68 Å². The summed E-state index contributed by atoms with van der Waals surface area (Å²) >= 11 is 0. The topological polar surface area (TPSA) is 65.1 Å². The van der Waals surface area contributed by atoms with E-state index in [1.165, 1.54) is 0 Å². The molecule has 15 heavy (non-hydrogen) atoms. The van der Waals surface area contributed by atoms with E-state index in [4.69, 9.17) is 10.5 Å². The van der Waals surface area contributed by atoms with E-state index in [2.05, 4.69) is 10.4 Å². The Kier molecular flexibility index (Phi) is 5.14. The molecule has 0 aliphatic heterocycles. The third kappa shape index (κ3) is 4.31. The van der Waals surface area contributed by atoms with Crippen LogP contribution in [-0.4, -0.2) is 36.1 Å². The van der Waals surface area contributed by atoms with Gasteiger partial charge in [0.1, 0.15) is 0 Å². The highest BCUT2D eigenvalue weighted by atomic mass is 16.5. The van der Waals surface area contributed by atoms with E-state index in [1.807, 2.05) is 19.4 Å². The third-order valence-electron chi connectivity index (χ3n) is 2.20. The molecule has 0 aliphatic carbocycles. The maximum Gasteiger partial charge on any atom is 0.0729 e. The number of aromatic nitrogens is 2. The Morgan fingerprint density at radius 1 is 1.67 bits per heavy atom. The number of hydrogen-bond acceptors (Lipinski definition) is 4. The predicted molar refractivity (Wildman–Crippen MR) is 60.8 cm³/mol. The number of nitrogens with one attached hydrogen (secondary N) is 1. The van der Waals surface area contributed by atoms with Crippen molar-refractivity contribution in [1.29, 1.82) is 0 Å². The molecule has 0 saturated heterocycles. The van der Waals surface area contributed by atoms with Crippen LogP contribution in [0.25, 0.3) is 0 Å². The standard InChI is InChI=1S/C10H20N4O/c1-14-7-10(6-12-14)13-9(8-15-2)4-3-5-11/h6-7,9,13H,3-5,8,11H2,1-2H3. The van der Waals surface area contributed by atoms with Crippen LogP contribution in [0.1, 0.15) is 12.8 Å². The minimum absolute atomic E-state index is 0.308. The maximum absolute atomic E-state index is 5.49. The largest absolute Gasteiger partial charge is 0.383 e. The summed E-state index contributed by atoms with van der Waals surface area (Å²) < 4.78 is 6.92. The van der Waals surface area contributed by atoms with Crippen LogP contribution in [0.4, 0.5) is 5.69 Å². The van der Waals surface area contributed by atoms with Gasteiger partial charge in [0.15, 0.2) is 0 Å². The van der Waals surface area contributed by atoms with Crippen molar-refractivity contribution in [2.75, 3.05) is 25.6 Å². The summed E-state index contributed by atoms with van der Waals surface area (Å²) in [6.45, 7) is 1.41. The summed E-state index contributed by atoms with van der Waals surface area (Å²) in [6.07, 6.45) is 5.77. The van der Waals surface area contributed by atoms with Crippen molar-refractivity contribution in [2.24, 2.45) is 12.8 Å². The molecular formula is C10H20N4O. The maximum atomic E-state index is 5.49. The Balaban J connectivity index is 2.42. The average Bonchev–Trinajstić information content (AvgIpc) is 2.61. The molecule has 1 aromatic heterocycles. The normalized spacial score (nSPS) is 12.7. The minimum atomic E-state index is 0.308. The summed E-state index contributed by atoms with van der Waals surface area (Å²) in [5.41, 5.74) is 6.51.